The number of hydrogen-bond acceptors (Lipinski definition) is 8. The molecule has 2 heterocycles. The Bertz CT molecular complexity index is 1120. The summed E-state index contributed by atoms with van der Waals surface area (Å²) in [6.45, 7) is 9.33. The molecule has 0 saturated carbocycles. The van der Waals surface area contributed by atoms with Crippen LogP contribution in [-0.2, 0) is 4.79 Å². The van der Waals surface area contributed by atoms with Crippen molar-refractivity contribution in [3.05, 3.63) is 53.7 Å². The molecule has 0 saturated heterocycles. The minimum absolute atomic E-state index is 0.0418. The number of nitrogens with zero attached hydrogens (tertiary/aromatic N) is 3. The van der Waals surface area contributed by atoms with Gasteiger partial charge in [0.05, 0.1) is 13.0 Å². The first-order valence-electron chi connectivity index (χ1n) is 10.7. The number of benzene rings is 1. The van der Waals surface area contributed by atoms with Gasteiger partial charge in [-0.25, -0.2) is 4.98 Å². The molecule has 1 atom stereocenters. The van der Waals surface area contributed by atoms with Crippen molar-refractivity contribution in [1.29, 1.82) is 0 Å². The topological polar surface area (TPSA) is 116 Å². The summed E-state index contributed by atoms with van der Waals surface area (Å²) in [4.78, 5) is 29.1. The van der Waals surface area contributed by atoms with E-state index in [-0.39, 0.29) is 23.1 Å². The van der Waals surface area contributed by atoms with Gasteiger partial charge in [0.15, 0.2) is 11.4 Å². The maximum absolute atomic E-state index is 12.9. The molecule has 1 aromatic carbocycles. The van der Waals surface area contributed by atoms with Gasteiger partial charge in [0.2, 0.25) is 17.5 Å². The number of ether oxygens (including phenoxy) is 2. The lowest BCUT2D eigenvalue weighted by molar-refractivity contribution is -0.137. The highest BCUT2D eigenvalue weighted by Gasteiger charge is 2.25. The fraction of sp³-hybridized carbons (Fsp3) is 0.375. The average Bonchev–Trinajstić information content (AvgIpc) is 3.29. The number of pyridine rings is 1. The lowest BCUT2D eigenvalue weighted by atomic mass is 10.0. The van der Waals surface area contributed by atoms with Crippen LogP contribution in [0, 0.1) is 5.92 Å². The molecule has 0 spiro atoms. The second kappa shape index (κ2) is 10.2. The molecule has 2 aromatic heterocycles. The highest BCUT2D eigenvalue weighted by molar-refractivity contribution is 5.96. The summed E-state index contributed by atoms with van der Waals surface area (Å²) in [5.74, 6) is -0.287. The standard InChI is InChI=1S/C24H28N4O5/c1-13(2)16-7-9-17(10-8-16)23-28-27-22(33-23)15(5)26-21(29)19-20(32-24(30)14(3)4)18(31-6)11-12-25-19/h7-15H,1-6H3,(H,26,29)/t15-/m0/s1. The van der Waals surface area contributed by atoms with Crippen LogP contribution in [0.4, 0.5) is 0 Å². The molecule has 0 fully saturated rings. The Hall–Kier alpha value is -3.75. The molecule has 0 aliphatic carbocycles. The zero-order valence-electron chi connectivity index (χ0n) is 19.6. The molecule has 174 valence electrons. The number of hydrogen-bond donors (Lipinski definition) is 1. The third kappa shape index (κ3) is 5.54. The lowest BCUT2D eigenvalue weighted by Gasteiger charge is -2.15. The molecule has 0 unspecified atom stereocenters. The van der Waals surface area contributed by atoms with Crippen molar-refractivity contribution in [1.82, 2.24) is 20.5 Å². The Morgan fingerprint density at radius 3 is 2.30 bits per heavy atom. The minimum atomic E-state index is -0.615. The Labute approximate surface area is 192 Å². The van der Waals surface area contributed by atoms with Gasteiger partial charge in [-0.05, 0) is 30.5 Å². The number of methoxy groups -OCH3 is 1. The normalized spacial score (nSPS) is 12.0. The Kier molecular flexibility index (Phi) is 7.42. The van der Waals surface area contributed by atoms with Gasteiger partial charge >= 0.3 is 5.97 Å². The van der Waals surface area contributed by atoms with Gasteiger partial charge in [0, 0.05) is 17.8 Å². The smallest absolute Gasteiger partial charge is 0.313 e. The SMILES string of the molecule is COc1ccnc(C(=O)N[C@@H](C)c2nnc(-c3ccc(C(C)C)cc3)o2)c1OC(=O)C(C)C. The highest BCUT2D eigenvalue weighted by Crippen LogP contribution is 2.31. The van der Waals surface area contributed by atoms with E-state index in [2.05, 4.69) is 34.3 Å². The lowest BCUT2D eigenvalue weighted by Crippen LogP contribution is -2.29. The number of rotatable bonds is 8. The van der Waals surface area contributed by atoms with Crippen molar-refractivity contribution in [3.63, 3.8) is 0 Å². The quantitative estimate of drug-likeness (QED) is 0.502. The van der Waals surface area contributed by atoms with Crippen LogP contribution in [0.2, 0.25) is 0 Å². The van der Waals surface area contributed by atoms with Crippen LogP contribution in [0.1, 0.15) is 68.5 Å². The molecule has 3 aromatic rings. The van der Waals surface area contributed by atoms with E-state index in [0.29, 0.717) is 11.8 Å². The monoisotopic (exact) mass is 452 g/mol. The van der Waals surface area contributed by atoms with E-state index in [1.54, 1.807) is 20.8 Å². The number of aromatic nitrogens is 3. The fourth-order valence-electron chi connectivity index (χ4n) is 2.93. The third-order valence-electron chi connectivity index (χ3n) is 4.96. The maximum atomic E-state index is 12.9. The van der Waals surface area contributed by atoms with E-state index in [1.807, 2.05) is 24.3 Å². The second-order valence-electron chi connectivity index (χ2n) is 8.18. The fourth-order valence-corrected chi connectivity index (χ4v) is 2.93. The molecule has 1 amide bonds. The number of nitrogens with one attached hydrogen (secondary N) is 1. The van der Waals surface area contributed by atoms with Crippen LogP contribution >= 0.6 is 0 Å². The Balaban J connectivity index is 1.78. The number of carbonyl (C=O) groups excluding carboxylic acids is 2. The van der Waals surface area contributed by atoms with Crippen molar-refractivity contribution in [2.75, 3.05) is 7.11 Å². The molecule has 0 radical (unpaired) electrons. The van der Waals surface area contributed by atoms with Gasteiger partial charge in [0.1, 0.15) is 6.04 Å². The van der Waals surface area contributed by atoms with Crippen LogP contribution in [0.3, 0.4) is 0 Å². The minimum Gasteiger partial charge on any atom is -0.493 e. The Morgan fingerprint density at radius 2 is 1.70 bits per heavy atom. The van der Waals surface area contributed by atoms with Crippen LogP contribution in [0.15, 0.2) is 40.9 Å². The van der Waals surface area contributed by atoms with Crippen LogP contribution < -0.4 is 14.8 Å². The first-order valence-corrected chi connectivity index (χ1v) is 10.7. The zero-order chi connectivity index (χ0) is 24.1. The molecule has 0 aliphatic heterocycles. The summed E-state index contributed by atoms with van der Waals surface area (Å²) in [5, 5.41) is 10.9. The van der Waals surface area contributed by atoms with E-state index >= 15 is 0 Å². The summed E-state index contributed by atoms with van der Waals surface area (Å²) in [6.07, 6.45) is 1.40. The first-order chi connectivity index (χ1) is 15.7. The predicted octanol–water partition coefficient (Wildman–Crippen LogP) is 4.32. The average molecular weight is 453 g/mol. The first kappa shape index (κ1) is 23.9. The zero-order valence-corrected chi connectivity index (χ0v) is 19.6. The maximum Gasteiger partial charge on any atom is 0.313 e. The molecule has 1 N–H and O–H groups in total. The highest BCUT2D eigenvalue weighted by atomic mass is 16.6. The molecular formula is C24H28N4O5. The van der Waals surface area contributed by atoms with Crippen molar-refractivity contribution in [3.8, 4) is 23.0 Å². The Morgan fingerprint density at radius 1 is 1.00 bits per heavy atom. The second-order valence-corrected chi connectivity index (χ2v) is 8.18. The van der Waals surface area contributed by atoms with Crippen LogP contribution in [-0.4, -0.2) is 34.2 Å². The van der Waals surface area contributed by atoms with Gasteiger partial charge < -0.3 is 19.2 Å². The molecule has 0 aliphatic rings. The molecule has 9 nitrogen and oxygen atoms in total. The number of esters is 1. The third-order valence-corrected chi connectivity index (χ3v) is 4.96. The molecule has 9 heteroatoms. The number of carbonyl (C=O) groups is 2. The van der Waals surface area contributed by atoms with E-state index < -0.39 is 23.8 Å². The van der Waals surface area contributed by atoms with E-state index in [4.69, 9.17) is 13.9 Å². The van der Waals surface area contributed by atoms with Crippen molar-refractivity contribution < 1.29 is 23.5 Å². The van der Waals surface area contributed by atoms with E-state index in [0.717, 1.165) is 5.56 Å². The van der Waals surface area contributed by atoms with Gasteiger partial charge in [0.25, 0.3) is 5.91 Å². The van der Waals surface area contributed by atoms with E-state index in [1.165, 1.54) is 24.9 Å². The van der Waals surface area contributed by atoms with Crippen molar-refractivity contribution >= 4 is 11.9 Å². The van der Waals surface area contributed by atoms with Crippen molar-refractivity contribution in [2.45, 2.75) is 46.6 Å². The molecule has 33 heavy (non-hydrogen) atoms. The van der Waals surface area contributed by atoms with Gasteiger partial charge in [-0.3, -0.25) is 9.59 Å². The van der Waals surface area contributed by atoms with Gasteiger partial charge in [-0.2, -0.15) is 0 Å². The summed E-state index contributed by atoms with van der Waals surface area (Å²) in [7, 11) is 1.42. The van der Waals surface area contributed by atoms with Gasteiger partial charge in [-0.1, -0.05) is 39.8 Å². The van der Waals surface area contributed by atoms with Crippen LogP contribution in [0.5, 0.6) is 11.5 Å². The number of amides is 1. The van der Waals surface area contributed by atoms with Crippen LogP contribution in [0.25, 0.3) is 11.5 Å². The molecular weight excluding hydrogens is 424 g/mol. The van der Waals surface area contributed by atoms with E-state index in [9.17, 15) is 9.59 Å². The largest absolute Gasteiger partial charge is 0.493 e. The summed E-state index contributed by atoms with van der Waals surface area (Å²) < 4.78 is 16.4. The summed E-state index contributed by atoms with van der Waals surface area (Å²) in [5.41, 5.74) is 1.91. The predicted molar refractivity (Wildman–Crippen MR) is 121 cm³/mol. The molecule has 0 bridgehead atoms. The summed E-state index contributed by atoms with van der Waals surface area (Å²) >= 11 is 0. The summed E-state index contributed by atoms with van der Waals surface area (Å²) in [6, 6.07) is 8.78. The van der Waals surface area contributed by atoms with Gasteiger partial charge in [-0.15, -0.1) is 10.2 Å². The molecule has 3 rings (SSSR count). The van der Waals surface area contributed by atoms with Crippen molar-refractivity contribution in [2.24, 2.45) is 5.92 Å².